The van der Waals surface area contributed by atoms with Gasteiger partial charge in [0.25, 0.3) is 0 Å². The summed E-state index contributed by atoms with van der Waals surface area (Å²) in [6.07, 6.45) is 4.19. The SMILES string of the molecule is CCn1nc(C)c(Cl)c1CC(C)=CCCBr. The van der Waals surface area contributed by atoms with Gasteiger partial charge in [0, 0.05) is 18.3 Å². The van der Waals surface area contributed by atoms with Crippen molar-refractivity contribution in [3.63, 3.8) is 0 Å². The molecule has 0 aliphatic rings. The van der Waals surface area contributed by atoms with Gasteiger partial charge in [0.15, 0.2) is 0 Å². The molecule has 0 bridgehead atoms. The van der Waals surface area contributed by atoms with Crippen LogP contribution in [0.1, 0.15) is 31.7 Å². The molecule has 0 N–H and O–H groups in total. The van der Waals surface area contributed by atoms with Crippen molar-refractivity contribution >= 4 is 27.5 Å². The van der Waals surface area contributed by atoms with Crippen LogP contribution in [0.4, 0.5) is 0 Å². The Labute approximate surface area is 111 Å². The molecular formula is C12H18BrClN2. The molecule has 90 valence electrons. The molecule has 1 rings (SSSR count). The highest BCUT2D eigenvalue weighted by Gasteiger charge is 2.12. The minimum Gasteiger partial charge on any atom is -0.268 e. The van der Waals surface area contributed by atoms with E-state index in [0.29, 0.717) is 0 Å². The van der Waals surface area contributed by atoms with Crippen molar-refractivity contribution in [2.75, 3.05) is 5.33 Å². The minimum absolute atomic E-state index is 0.813. The van der Waals surface area contributed by atoms with Crippen molar-refractivity contribution in [3.8, 4) is 0 Å². The van der Waals surface area contributed by atoms with Crippen LogP contribution in [0.25, 0.3) is 0 Å². The second kappa shape index (κ2) is 6.45. The number of nitrogens with zero attached hydrogens (tertiary/aromatic N) is 2. The van der Waals surface area contributed by atoms with E-state index in [0.717, 1.165) is 41.1 Å². The fourth-order valence-corrected chi connectivity index (χ4v) is 2.11. The molecule has 0 atom stereocenters. The zero-order valence-electron chi connectivity index (χ0n) is 10.1. The van der Waals surface area contributed by atoms with Crippen LogP contribution in [0, 0.1) is 6.92 Å². The van der Waals surface area contributed by atoms with E-state index in [-0.39, 0.29) is 0 Å². The van der Waals surface area contributed by atoms with Crippen LogP contribution in [0.2, 0.25) is 5.02 Å². The summed E-state index contributed by atoms with van der Waals surface area (Å²) in [5, 5.41) is 6.23. The van der Waals surface area contributed by atoms with Gasteiger partial charge in [0.1, 0.15) is 0 Å². The molecule has 1 aromatic heterocycles. The molecule has 2 nitrogen and oxygen atoms in total. The average Bonchev–Trinajstić information content (AvgIpc) is 2.54. The van der Waals surface area contributed by atoms with Crippen LogP contribution in [-0.2, 0) is 13.0 Å². The van der Waals surface area contributed by atoms with E-state index in [2.05, 4.69) is 41.0 Å². The molecule has 4 heteroatoms. The summed E-state index contributed by atoms with van der Waals surface area (Å²) in [6, 6.07) is 0. The Bertz CT molecular complexity index is 383. The molecule has 0 aliphatic carbocycles. The summed E-state index contributed by atoms with van der Waals surface area (Å²) in [5.41, 5.74) is 3.40. The van der Waals surface area contributed by atoms with Crippen molar-refractivity contribution in [2.45, 2.75) is 40.2 Å². The lowest BCUT2D eigenvalue weighted by molar-refractivity contribution is 0.623. The van der Waals surface area contributed by atoms with Crippen molar-refractivity contribution in [2.24, 2.45) is 0 Å². The number of rotatable bonds is 5. The van der Waals surface area contributed by atoms with Crippen LogP contribution >= 0.6 is 27.5 Å². The van der Waals surface area contributed by atoms with E-state index in [1.165, 1.54) is 5.57 Å². The molecule has 0 unspecified atom stereocenters. The highest BCUT2D eigenvalue weighted by Crippen LogP contribution is 2.22. The number of allylic oxidation sites excluding steroid dienone is 2. The van der Waals surface area contributed by atoms with Gasteiger partial charge in [-0.25, -0.2) is 0 Å². The third kappa shape index (κ3) is 3.36. The fraction of sp³-hybridized carbons (Fsp3) is 0.583. The molecule has 0 saturated carbocycles. The van der Waals surface area contributed by atoms with Crippen molar-refractivity contribution < 1.29 is 0 Å². The zero-order valence-corrected chi connectivity index (χ0v) is 12.4. The lowest BCUT2D eigenvalue weighted by atomic mass is 10.1. The van der Waals surface area contributed by atoms with E-state index in [1.807, 2.05) is 11.6 Å². The van der Waals surface area contributed by atoms with Crippen molar-refractivity contribution in [3.05, 3.63) is 28.1 Å². The Morgan fingerprint density at radius 3 is 2.81 bits per heavy atom. The van der Waals surface area contributed by atoms with Crippen LogP contribution in [-0.4, -0.2) is 15.1 Å². The molecule has 0 spiro atoms. The first-order chi connectivity index (χ1) is 7.60. The van der Waals surface area contributed by atoms with E-state index < -0.39 is 0 Å². The summed E-state index contributed by atoms with van der Waals surface area (Å²) in [6.45, 7) is 7.05. The minimum atomic E-state index is 0.813. The normalized spacial score (nSPS) is 12.2. The van der Waals surface area contributed by atoms with E-state index in [9.17, 15) is 0 Å². The lowest BCUT2D eigenvalue weighted by Gasteiger charge is -2.05. The van der Waals surface area contributed by atoms with E-state index in [4.69, 9.17) is 11.6 Å². The molecule has 0 radical (unpaired) electrons. The first kappa shape index (κ1) is 13.8. The standard InChI is InChI=1S/C12H18BrClN2/c1-4-16-11(12(14)10(3)15-16)8-9(2)6-5-7-13/h6H,4-5,7-8H2,1-3H3. The number of aryl methyl sites for hydroxylation is 2. The van der Waals surface area contributed by atoms with Gasteiger partial charge in [0.2, 0.25) is 0 Å². The topological polar surface area (TPSA) is 17.8 Å². The molecule has 0 amide bonds. The molecule has 0 fully saturated rings. The van der Waals surface area contributed by atoms with Crippen molar-refractivity contribution in [1.82, 2.24) is 9.78 Å². The highest BCUT2D eigenvalue weighted by atomic mass is 79.9. The maximum atomic E-state index is 6.25. The Hall–Kier alpha value is -0.280. The molecule has 16 heavy (non-hydrogen) atoms. The summed E-state index contributed by atoms with van der Waals surface area (Å²) >= 11 is 9.67. The lowest BCUT2D eigenvalue weighted by Crippen LogP contribution is -2.03. The second-order valence-electron chi connectivity index (χ2n) is 3.87. The Balaban J connectivity index is 2.87. The Morgan fingerprint density at radius 1 is 1.56 bits per heavy atom. The van der Waals surface area contributed by atoms with E-state index >= 15 is 0 Å². The number of hydrogen-bond acceptors (Lipinski definition) is 1. The quantitative estimate of drug-likeness (QED) is 0.590. The fourth-order valence-electron chi connectivity index (χ4n) is 1.68. The monoisotopic (exact) mass is 304 g/mol. The number of halogens is 2. The molecule has 1 heterocycles. The number of aromatic nitrogens is 2. The third-order valence-electron chi connectivity index (χ3n) is 2.50. The largest absolute Gasteiger partial charge is 0.268 e. The summed E-state index contributed by atoms with van der Waals surface area (Å²) in [5.74, 6) is 0. The smallest absolute Gasteiger partial charge is 0.0850 e. The van der Waals surface area contributed by atoms with Gasteiger partial charge >= 0.3 is 0 Å². The average molecular weight is 306 g/mol. The van der Waals surface area contributed by atoms with Crippen molar-refractivity contribution in [1.29, 1.82) is 0 Å². The van der Waals surface area contributed by atoms with Crippen LogP contribution in [0.15, 0.2) is 11.6 Å². The molecule has 0 aliphatic heterocycles. The summed E-state index contributed by atoms with van der Waals surface area (Å²) in [4.78, 5) is 0. The van der Waals surface area contributed by atoms with Crippen LogP contribution < -0.4 is 0 Å². The predicted octanol–water partition coefficient (Wildman–Crippen LogP) is 4.14. The van der Waals surface area contributed by atoms with Gasteiger partial charge in [-0.1, -0.05) is 39.2 Å². The predicted molar refractivity (Wildman–Crippen MR) is 73.5 cm³/mol. The maximum absolute atomic E-state index is 6.25. The summed E-state index contributed by atoms with van der Waals surface area (Å²) in [7, 11) is 0. The number of alkyl halides is 1. The van der Waals surface area contributed by atoms with Crippen LogP contribution in [0.5, 0.6) is 0 Å². The maximum Gasteiger partial charge on any atom is 0.0850 e. The number of hydrogen-bond donors (Lipinski definition) is 0. The zero-order chi connectivity index (χ0) is 12.1. The van der Waals surface area contributed by atoms with Crippen LogP contribution in [0.3, 0.4) is 0 Å². The third-order valence-corrected chi connectivity index (χ3v) is 3.45. The van der Waals surface area contributed by atoms with Gasteiger partial charge in [0.05, 0.1) is 16.4 Å². The molecule has 0 aromatic carbocycles. The van der Waals surface area contributed by atoms with Gasteiger partial charge in [-0.15, -0.1) is 0 Å². The molecular weight excluding hydrogens is 288 g/mol. The summed E-state index contributed by atoms with van der Waals surface area (Å²) < 4.78 is 1.99. The van der Waals surface area contributed by atoms with E-state index in [1.54, 1.807) is 0 Å². The first-order valence-electron chi connectivity index (χ1n) is 5.53. The van der Waals surface area contributed by atoms with Gasteiger partial charge in [-0.05, 0) is 27.2 Å². The Morgan fingerprint density at radius 2 is 2.25 bits per heavy atom. The second-order valence-corrected chi connectivity index (χ2v) is 5.04. The Kier molecular flexibility index (Phi) is 5.56. The van der Waals surface area contributed by atoms with Gasteiger partial charge in [-0.2, -0.15) is 5.10 Å². The first-order valence-corrected chi connectivity index (χ1v) is 7.03. The van der Waals surface area contributed by atoms with Gasteiger partial charge in [-0.3, -0.25) is 4.68 Å². The molecule has 0 saturated heterocycles. The highest BCUT2D eigenvalue weighted by molar-refractivity contribution is 9.09. The molecule has 1 aromatic rings. The van der Waals surface area contributed by atoms with Gasteiger partial charge < -0.3 is 0 Å².